The van der Waals surface area contributed by atoms with E-state index in [1.165, 1.54) is 83.1 Å². The van der Waals surface area contributed by atoms with Crippen molar-refractivity contribution in [1.82, 2.24) is 5.32 Å². The van der Waals surface area contributed by atoms with Crippen molar-refractivity contribution in [3.63, 3.8) is 0 Å². The largest absolute Gasteiger partial charge is 0.316 e. The fourth-order valence-corrected chi connectivity index (χ4v) is 4.14. The van der Waals surface area contributed by atoms with Crippen LogP contribution >= 0.6 is 11.8 Å². The molecule has 0 spiro atoms. The van der Waals surface area contributed by atoms with Gasteiger partial charge in [0.1, 0.15) is 0 Å². The smallest absolute Gasteiger partial charge is 0.000781 e. The van der Waals surface area contributed by atoms with Gasteiger partial charge in [0.2, 0.25) is 0 Å². The molecule has 1 saturated carbocycles. The first-order valence-electron chi connectivity index (χ1n) is 8.96. The molecule has 0 aliphatic heterocycles. The second-order valence-corrected chi connectivity index (χ2v) is 7.84. The molecule has 0 aromatic rings. The molecule has 0 bridgehead atoms. The van der Waals surface area contributed by atoms with Gasteiger partial charge in [-0.1, -0.05) is 33.1 Å². The highest BCUT2D eigenvalue weighted by atomic mass is 32.2. The summed E-state index contributed by atoms with van der Waals surface area (Å²) in [5.41, 5.74) is 0.633. The van der Waals surface area contributed by atoms with Crippen molar-refractivity contribution in [2.24, 2.45) is 11.3 Å². The fraction of sp³-hybridized carbons (Fsp3) is 1.00. The van der Waals surface area contributed by atoms with E-state index in [-0.39, 0.29) is 0 Å². The zero-order chi connectivity index (χ0) is 14.7. The summed E-state index contributed by atoms with van der Waals surface area (Å²) in [6, 6.07) is 0. The maximum absolute atomic E-state index is 3.72. The molecule has 1 nitrogen and oxygen atoms in total. The van der Waals surface area contributed by atoms with Crippen LogP contribution in [0.15, 0.2) is 0 Å². The predicted molar refractivity (Wildman–Crippen MR) is 94.7 cm³/mol. The van der Waals surface area contributed by atoms with Gasteiger partial charge in [-0.2, -0.15) is 11.8 Å². The van der Waals surface area contributed by atoms with Gasteiger partial charge in [-0.05, 0) is 74.8 Å². The van der Waals surface area contributed by atoms with Crippen LogP contribution in [0.25, 0.3) is 0 Å². The monoisotopic (exact) mass is 299 g/mol. The Morgan fingerprint density at radius 1 is 1.10 bits per heavy atom. The average Bonchev–Trinajstić information content (AvgIpc) is 2.47. The number of rotatable bonds is 11. The van der Waals surface area contributed by atoms with Crippen molar-refractivity contribution in [1.29, 1.82) is 0 Å². The molecule has 20 heavy (non-hydrogen) atoms. The van der Waals surface area contributed by atoms with Crippen molar-refractivity contribution in [3.8, 4) is 0 Å². The summed E-state index contributed by atoms with van der Waals surface area (Å²) < 4.78 is 0. The van der Waals surface area contributed by atoms with E-state index < -0.39 is 0 Å². The van der Waals surface area contributed by atoms with E-state index in [4.69, 9.17) is 0 Å². The Morgan fingerprint density at radius 3 is 2.45 bits per heavy atom. The molecule has 0 heterocycles. The molecule has 0 atom stereocenters. The molecule has 0 unspecified atom stereocenters. The molecule has 1 rings (SSSR count). The molecule has 1 fully saturated rings. The first kappa shape index (κ1) is 18.4. The molecule has 0 radical (unpaired) electrons. The molecule has 1 aliphatic carbocycles. The minimum atomic E-state index is 0.633. The van der Waals surface area contributed by atoms with Gasteiger partial charge < -0.3 is 5.32 Å². The number of thioether (sulfide) groups is 1. The molecule has 1 aliphatic rings. The van der Waals surface area contributed by atoms with Crippen molar-refractivity contribution in [2.75, 3.05) is 25.1 Å². The van der Waals surface area contributed by atoms with E-state index in [9.17, 15) is 0 Å². The van der Waals surface area contributed by atoms with Gasteiger partial charge in [0.15, 0.2) is 0 Å². The average molecular weight is 300 g/mol. The van der Waals surface area contributed by atoms with Crippen LogP contribution < -0.4 is 5.32 Å². The normalized spacial score (nSPS) is 26.9. The fourth-order valence-electron chi connectivity index (χ4n) is 3.71. The zero-order valence-corrected chi connectivity index (χ0v) is 15.0. The van der Waals surface area contributed by atoms with Gasteiger partial charge >= 0.3 is 0 Å². The Hall–Kier alpha value is 0.310. The minimum Gasteiger partial charge on any atom is -0.316 e. The lowest BCUT2D eigenvalue weighted by atomic mass is 9.67. The first-order chi connectivity index (χ1) is 9.76. The van der Waals surface area contributed by atoms with Crippen LogP contribution in [0.2, 0.25) is 0 Å². The minimum absolute atomic E-state index is 0.633. The maximum Gasteiger partial charge on any atom is 0.000781 e. The number of nitrogens with one attached hydrogen (secondary N) is 1. The molecular weight excluding hydrogens is 262 g/mol. The van der Waals surface area contributed by atoms with Gasteiger partial charge in [0.05, 0.1) is 0 Å². The van der Waals surface area contributed by atoms with Crippen LogP contribution in [0.4, 0.5) is 0 Å². The summed E-state index contributed by atoms with van der Waals surface area (Å²) >= 11 is 2.01. The SMILES string of the molecule is CCCCC1CCC(CCCSC)(CNCCC)CC1. The highest BCUT2D eigenvalue weighted by molar-refractivity contribution is 7.98. The van der Waals surface area contributed by atoms with Crippen molar-refractivity contribution in [2.45, 2.75) is 78.1 Å². The lowest BCUT2D eigenvalue weighted by molar-refractivity contribution is 0.127. The standard InChI is InChI=1S/C18H37NS/c1-4-6-8-17-9-12-18(13-10-17,11-7-15-20-3)16-19-14-5-2/h17,19H,4-16H2,1-3H3. The number of hydrogen-bond donors (Lipinski definition) is 1. The number of hydrogen-bond acceptors (Lipinski definition) is 2. The van der Waals surface area contributed by atoms with Gasteiger partial charge in [0.25, 0.3) is 0 Å². The molecule has 0 saturated heterocycles. The van der Waals surface area contributed by atoms with Crippen LogP contribution in [-0.2, 0) is 0 Å². The van der Waals surface area contributed by atoms with Gasteiger partial charge in [-0.25, -0.2) is 0 Å². The quantitative estimate of drug-likeness (QED) is 0.506. The Bertz CT molecular complexity index is 209. The maximum atomic E-state index is 3.72. The predicted octanol–water partition coefficient (Wildman–Crippen LogP) is 5.50. The molecule has 1 N–H and O–H groups in total. The van der Waals surface area contributed by atoms with Crippen molar-refractivity contribution >= 4 is 11.8 Å². The summed E-state index contributed by atoms with van der Waals surface area (Å²) in [4.78, 5) is 0. The topological polar surface area (TPSA) is 12.0 Å². The van der Waals surface area contributed by atoms with Crippen molar-refractivity contribution in [3.05, 3.63) is 0 Å². The lowest BCUT2D eigenvalue weighted by Crippen LogP contribution is -2.38. The van der Waals surface area contributed by atoms with E-state index in [2.05, 4.69) is 25.4 Å². The highest BCUT2D eigenvalue weighted by Gasteiger charge is 2.34. The summed E-state index contributed by atoms with van der Waals surface area (Å²) in [5.74, 6) is 2.38. The highest BCUT2D eigenvalue weighted by Crippen LogP contribution is 2.43. The lowest BCUT2D eigenvalue weighted by Gasteiger charge is -2.41. The summed E-state index contributed by atoms with van der Waals surface area (Å²) in [5, 5.41) is 3.72. The molecule has 2 heteroatoms. The number of unbranched alkanes of at least 4 members (excludes halogenated alkanes) is 1. The van der Waals surface area contributed by atoms with E-state index in [0.717, 1.165) is 5.92 Å². The van der Waals surface area contributed by atoms with Crippen LogP contribution in [0.3, 0.4) is 0 Å². The van der Waals surface area contributed by atoms with E-state index >= 15 is 0 Å². The molecule has 0 aromatic heterocycles. The third kappa shape index (κ3) is 6.85. The zero-order valence-electron chi connectivity index (χ0n) is 14.2. The molecular formula is C18H37NS. The van der Waals surface area contributed by atoms with Crippen LogP contribution in [0, 0.1) is 11.3 Å². The second-order valence-electron chi connectivity index (χ2n) is 6.86. The molecule has 0 amide bonds. The Kier molecular flexibility index (Phi) is 10.1. The second kappa shape index (κ2) is 11.0. The van der Waals surface area contributed by atoms with E-state index in [1.807, 2.05) is 11.8 Å². The Morgan fingerprint density at radius 2 is 1.85 bits per heavy atom. The first-order valence-corrected chi connectivity index (χ1v) is 10.4. The summed E-state index contributed by atoms with van der Waals surface area (Å²) in [7, 11) is 0. The van der Waals surface area contributed by atoms with Crippen LogP contribution in [0.1, 0.15) is 78.1 Å². The van der Waals surface area contributed by atoms with E-state index in [1.54, 1.807) is 0 Å². The van der Waals surface area contributed by atoms with Gasteiger partial charge in [0, 0.05) is 6.54 Å². The van der Waals surface area contributed by atoms with E-state index in [0.29, 0.717) is 5.41 Å². The summed E-state index contributed by atoms with van der Waals surface area (Å²) in [6.07, 6.45) is 16.6. The molecule has 0 aromatic carbocycles. The summed E-state index contributed by atoms with van der Waals surface area (Å²) in [6.45, 7) is 7.07. The molecule has 120 valence electrons. The van der Waals surface area contributed by atoms with Gasteiger partial charge in [-0.3, -0.25) is 0 Å². The van der Waals surface area contributed by atoms with Gasteiger partial charge in [-0.15, -0.1) is 0 Å². The van der Waals surface area contributed by atoms with Crippen molar-refractivity contribution < 1.29 is 0 Å². The Balaban J connectivity index is 2.39. The third-order valence-electron chi connectivity index (χ3n) is 5.11. The Labute approximate surface area is 132 Å². The van der Waals surface area contributed by atoms with Crippen LogP contribution in [-0.4, -0.2) is 25.1 Å². The van der Waals surface area contributed by atoms with Crippen LogP contribution in [0.5, 0.6) is 0 Å². The third-order valence-corrected chi connectivity index (χ3v) is 5.81.